The van der Waals surface area contributed by atoms with Crippen LogP contribution in [0.5, 0.6) is 0 Å². The summed E-state index contributed by atoms with van der Waals surface area (Å²) in [6.45, 7) is 6.73. The van der Waals surface area contributed by atoms with Crippen molar-refractivity contribution < 1.29 is 0 Å². The van der Waals surface area contributed by atoms with Gasteiger partial charge >= 0.3 is 0 Å². The minimum atomic E-state index is 0.130. The Morgan fingerprint density at radius 1 is 0.415 bits per heavy atom. The summed E-state index contributed by atoms with van der Waals surface area (Å²) in [5, 5.41) is 0. The summed E-state index contributed by atoms with van der Waals surface area (Å²) in [4.78, 5) is 12.3. The van der Waals surface area contributed by atoms with Crippen LogP contribution < -0.4 is 4.90 Å². The third-order valence-electron chi connectivity index (χ3n) is 7.28. The highest BCUT2D eigenvalue weighted by atomic mass is 15.2. The summed E-state index contributed by atoms with van der Waals surface area (Å²) in [6, 6.07) is 50.4. The van der Waals surface area contributed by atoms with Gasteiger partial charge in [0.25, 0.3) is 0 Å². The first-order chi connectivity index (χ1) is 20.0. The molecule has 0 atom stereocenters. The highest BCUT2D eigenvalue weighted by Gasteiger charge is 2.18. The molecule has 2 heterocycles. The van der Waals surface area contributed by atoms with Gasteiger partial charge in [-0.05, 0) is 58.5 Å². The van der Waals surface area contributed by atoms with E-state index in [0.29, 0.717) is 0 Å². The molecular formula is C38H33N3. The molecule has 41 heavy (non-hydrogen) atoms. The van der Waals surface area contributed by atoms with E-state index in [1.807, 2.05) is 48.5 Å². The second-order valence-corrected chi connectivity index (χ2v) is 11.2. The number of anilines is 3. The van der Waals surface area contributed by atoms with E-state index in [1.54, 1.807) is 0 Å². The fourth-order valence-electron chi connectivity index (χ4n) is 4.98. The van der Waals surface area contributed by atoms with Crippen molar-refractivity contribution in [1.82, 2.24) is 9.97 Å². The monoisotopic (exact) mass is 531 g/mol. The molecular weight excluding hydrogens is 498 g/mol. The first kappa shape index (κ1) is 26.2. The SMILES string of the molecule is CC(C)(C)c1ccc(-c2ccc(N(c3cccc(-c4ccccc4)n3)c3cccc(-c4ccccc4)n3)cc2)cc1. The molecule has 0 N–H and O–H groups in total. The number of hydrogen-bond acceptors (Lipinski definition) is 3. The van der Waals surface area contributed by atoms with Crippen LogP contribution in [0.2, 0.25) is 0 Å². The van der Waals surface area contributed by atoms with Gasteiger partial charge in [0.05, 0.1) is 11.4 Å². The van der Waals surface area contributed by atoms with Crippen LogP contribution in [0.1, 0.15) is 26.3 Å². The Morgan fingerprint density at radius 2 is 0.854 bits per heavy atom. The molecule has 6 rings (SSSR count). The number of rotatable bonds is 6. The van der Waals surface area contributed by atoms with Crippen LogP contribution in [-0.2, 0) is 5.41 Å². The fraction of sp³-hybridized carbons (Fsp3) is 0.105. The first-order valence-corrected chi connectivity index (χ1v) is 14.0. The predicted octanol–water partition coefficient (Wildman–Crippen LogP) is 10.2. The van der Waals surface area contributed by atoms with E-state index in [2.05, 4.69) is 123 Å². The average molecular weight is 532 g/mol. The van der Waals surface area contributed by atoms with E-state index in [1.165, 1.54) is 16.7 Å². The third kappa shape index (κ3) is 5.80. The molecule has 0 fully saturated rings. The fourth-order valence-corrected chi connectivity index (χ4v) is 4.98. The van der Waals surface area contributed by atoms with Gasteiger partial charge in [-0.15, -0.1) is 0 Å². The van der Waals surface area contributed by atoms with Crippen molar-refractivity contribution in [2.24, 2.45) is 0 Å². The molecule has 3 heteroatoms. The summed E-state index contributed by atoms with van der Waals surface area (Å²) >= 11 is 0. The highest BCUT2D eigenvalue weighted by molar-refractivity contribution is 5.77. The van der Waals surface area contributed by atoms with E-state index in [4.69, 9.17) is 9.97 Å². The maximum atomic E-state index is 5.10. The lowest BCUT2D eigenvalue weighted by molar-refractivity contribution is 0.590. The first-order valence-electron chi connectivity index (χ1n) is 14.0. The topological polar surface area (TPSA) is 29.0 Å². The molecule has 0 aliphatic rings. The number of benzene rings is 4. The maximum absolute atomic E-state index is 5.10. The summed E-state index contributed by atoms with van der Waals surface area (Å²) in [5.41, 5.74) is 8.82. The van der Waals surface area contributed by atoms with Gasteiger partial charge in [-0.2, -0.15) is 0 Å². The van der Waals surface area contributed by atoms with Crippen molar-refractivity contribution in [3.05, 3.63) is 151 Å². The van der Waals surface area contributed by atoms with Crippen molar-refractivity contribution in [3.63, 3.8) is 0 Å². The highest BCUT2D eigenvalue weighted by Crippen LogP contribution is 2.36. The van der Waals surface area contributed by atoms with Crippen molar-refractivity contribution in [3.8, 4) is 33.6 Å². The molecule has 0 spiro atoms. The van der Waals surface area contributed by atoms with Crippen LogP contribution in [-0.4, -0.2) is 9.97 Å². The van der Waals surface area contributed by atoms with E-state index in [-0.39, 0.29) is 5.41 Å². The van der Waals surface area contributed by atoms with E-state index < -0.39 is 0 Å². The lowest BCUT2D eigenvalue weighted by Crippen LogP contribution is -2.13. The minimum Gasteiger partial charge on any atom is -0.279 e. The predicted molar refractivity (Wildman–Crippen MR) is 172 cm³/mol. The van der Waals surface area contributed by atoms with Gasteiger partial charge in [-0.3, -0.25) is 4.90 Å². The summed E-state index contributed by atoms with van der Waals surface area (Å²) in [7, 11) is 0. The Hall–Kier alpha value is -5.02. The Morgan fingerprint density at radius 3 is 1.29 bits per heavy atom. The van der Waals surface area contributed by atoms with E-state index in [9.17, 15) is 0 Å². The summed E-state index contributed by atoms with van der Waals surface area (Å²) in [5.74, 6) is 1.62. The Kier molecular flexibility index (Phi) is 7.18. The molecule has 2 aromatic heterocycles. The van der Waals surface area contributed by atoms with Gasteiger partial charge in [-0.1, -0.05) is 130 Å². The molecule has 0 unspecified atom stereocenters. The second-order valence-electron chi connectivity index (χ2n) is 11.2. The Labute approximate surface area is 242 Å². The zero-order valence-corrected chi connectivity index (χ0v) is 23.7. The van der Waals surface area contributed by atoms with Crippen molar-refractivity contribution in [2.75, 3.05) is 4.90 Å². The number of aromatic nitrogens is 2. The smallest absolute Gasteiger partial charge is 0.139 e. The molecule has 6 aromatic rings. The van der Waals surface area contributed by atoms with Gasteiger partial charge < -0.3 is 0 Å². The van der Waals surface area contributed by atoms with Gasteiger partial charge in [-0.25, -0.2) is 9.97 Å². The van der Waals surface area contributed by atoms with E-state index in [0.717, 1.165) is 39.8 Å². The van der Waals surface area contributed by atoms with Crippen LogP contribution in [0.4, 0.5) is 17.3 Å². The molecule has 0 amide bonds. The van der Waals surface area contributed by atoms with Gasteiger partial charge in [0, 0.05) is 16.8 Å². The largest absolute Gasteiger partial charge is 0.279 e. The summed E-state index contributed by atoms with van der Waals surface area (Å²) < 4.78 is 0. The van der Waals surface area contributed by atoms with Crippen LogP contribution in [0.15, 0.2) is 146 Å². The van der Waals surface area contributed by atoms with Crippen molar-refractivity contribution in [1.29, 1.82) is 0 Å². The standard InChI is InChI=1S/C38H33N3/c1-38(2,3)32-24-20-28(21-25-32)29-22-26-33(27-23-29)41(36-18-10-16-34(39-36)30-12-6-4-7-13-30)37-19-11-17-35(40-37)31-14-8-5-9-15-31/h4-27H,1-3H3. The Balaban J connectivity index is 1.42. The van der Waals surface area contributed by atoms with Crippen molar-refractivity contribution >= 4 is 17.3 Å². The number of hydrogen-bond donors (Lipinski definition) is 0. The van der Waals surface area contributed by atoms with Gasteiger partial charge in [0.2, 0.25) is 0 Å². The zero-order valence-electron chi connectivity index (χ0n) is 23.7. The van der Waals surface area contributed by atoms with Crippen molar-refractivity contribution in [2.45, 2.75) is 26.2 Å². The molecule has 0 radical (unpaired) electrons. The quantitative estimate of drug-likeness (QED) is 0.214. The minimum absolute atomic E-state index is 0.130. The maximum Gasteiger partial charge on any atom is 0.139 e. The molecule has 0 bridgehead atoms. The molecule has 0 aliphatic heterocycles. The molecule has 0 saturated heterocycles. The van der Waals surface area contributed by atoms with Gasteiger partial charge in [0.1, 0.15) is 11.6 Å². The van der Waals surface area contributed by atoms with Crippen LogP contribution in [0.3, 0.4) is 0 Å². The average Bonchev–Trinajstić information content (AvgIpc) is 3.02. The van der Waals surface area contributed by atoms with Gasteiger partial charge in [0.15, 0.2) is 0 Å². The lowest BCUT2D eigenvalue weighted by Gasteiger charge is -2.24. The van der Waals surface area contributed by atoms with Crippen LogP contribution >= 0.6 is 0 Å². The third-order valence-corrected chi connectivity index (χ3v) is 7.28. The Bertz CT molecular complexity index is 1650. The summed E-state index contributed by atoms with van der Waals surface area (Å²) in [6.07, 6.45) is 0. The number of nitrogens with zero attached hydrogens (tertiary/aromatic N) is 3. The lowest BCUT2D eigenvalue weighted by atomic mass is 9.86. The second kappa shape index (κ2) is 11.2. The van der Waals surface area contributed by atoms with Crippen LogP contribution in [0, 0.1) is 0 Å². The van der Waals surface area contributed by atoms with Crippen LogP contribution in [0.25, 0.3) is 33.6 Å². The molecule has 0 saturated carbocycles. The normalized spacial score (nSPS) is 11.3. The molecule has 200 valence electrons. The van der Waals surface area contributed by atoms with E-state index >= 15 is 0 Å². The molecule has 4 aromatic carbocycles. The molecule has 3 nitrogen and oxygen atoms in total. The zero-order chi connectivity index (χ0) is 28.2. The molecule has 0 aliphatic carbocycles. The number of pyridine rings is 2.